The molecule has 2 nitrogen and oxygen atoms in total. The quantitative estimate of drug-likeness (QED) is 0.896. The van der Waals surface area contributed by atoms with Crippen LogP contribution in [0, 0.1) is 0 Å². The first-order valence-corrected chi connectivity index (χ1v) is 7.01. The molecule has 18 heavy (non-hydrogen) atoms. The molecule has 1 unspecified atom stereocenters. The Kier molecular flexibility index (Phi) is 4.89. The third kappa shape index (κ3) is 3.39. The van der Waals surface area contributed by atoms with Crippen LogP contribution in [0.15, 0.2) is 36.4 Å². The van der Waals surface area contributed by atoms with Crippen LogP contribution in [-0.2, 0) is 0 Å². The van der Waals surface area contributed by atoms with Gasteiger partial charge in [-0.1, -0.05) is 35.3 Å². The van der Waals surface area contributed by atoms with Crippen LogP contribution in [0.4, 0.5) is 0 Å². The van der Waals surface area contributed by atoms with Crippen molar-refractivity contribution in [2.24, 2.45) is 0 Å². The Hall–Kier alpha value is -0.740. The fourth-order valence-corrected chi connectivity index (χ4v) is 2.85. The first kappa shape index (κ1) is 13.7. The SMILES string of the molecule is OCC(COc1ccccc1Cl)c1ccc(Cl)s1. The van der Waals surface area contributed by atoms with Gasteiger partial charge in [-0.25, -0.2) is 0 Å². The summed E-state index contributed by atoms with van der Waals surface area (Å²) < 4.78 is 6.33. The van der Waals surface area contributed by atoms with Crippen molar-refractivity contribution in [2.45, 2.75) is 5.92 Å². The van der Waals surface area contributed by atoms with Crippen LogP contribution < -0.4 is 4.74 Å². The molecule has 0 saturated heterocycles. The molecule has 0 aliphatic heterocycles. The highest BCUT2D eigenvalue weighted by atomic mass is 35.5. The molecular formula is C13H12Cl2O2S. The molecule has 0 radical (unpaired) electrons. The lowest BCUT2D eigenvalue weighted by molar-refractivity contribution is 0.207. The summed E-state index contributed by atoms with van der Waals surface area (Å²) in [6.07, 6.45) is 0. The number of ether oxygens (including phenoxy) is 1. The summed E-state index contributed by atoms with van der Waals surface area (Å²) >= 11 is 13.3. The van der Waals surface area contributed by atoms with E-state index in [0.717, 1.165) is 4.88 Å². The highest BCUT2D eigenvalue weighted by Crippen LogP contribution is 2.30. The monoisotopic (exact) mass is 302 g/mol. The van der Waals surface area contributed by atoms with Gasteiger partial charge in [0, 0.05) is 4.88 Å². The number of rotatable bonds is 5. The van der Waals surface area contributed by atoms with Crippen molar-refractivity contribution in [3.63, 3.8) is 0 Å². The van der Waals surface area contributed by atoms with E-state index in [0.29, 0.717) is 21.7 Å². The molecule has 0 bridgehead atoms. The predicted molar refractivity (Wildman–Crippen MR) is 76.1 cm³/mol. The van der Waals surface area contributed by atoms with Gasteiger partial charge in [-0.05, 0) is 24.3 Å². The number of aliphatic hydroxyl groups is 1. The molecule has 0 fully saturated rings. The highest BCUT2D eigenvalue weighted by Gasteiger charge is 2.14. The Morgan fingerprint density at radius 1 is 1.17 bits per heavy atom. The Morgan fingerprint density at radius 2 is 1.94 bits per heavy atom. The zero-order valence-electron chi connectivity index (χ0n) is 9.48. The van der Waals surface area contributed by atoms with Crippen molar-refractivity contribution in [3.8, 4) is 5.75 Å². The molecule has 1 aromatic heterocycles. The Balaban J connectivity index is 2.02. The second-order valence-corrected chi connectivity index (χ2v) is 5.92. The van der Waals surface area contributed by atoms with E-state index in [1.54, 1.807) is 12.1 Å². The van der Waals surface area contributed by atoms with Crippen LogP contribution in [0.25, 0.3) is 0 Å². The van der Waals surface area contributed by atoms with Gasteiger partial charge in [-0.2, -0.15) is 0 Å². The van der Waals surface area contributed by atoms with Crippen LogP contribution in [0.5, 0.6) is 5.75 Å². The zero-order valence-corrected chi connectivity index (χ0v) is 11.8. The molecule has 0 amide bonds. The van der Waals surface area contributed by atoms with Gasteiger partial charge in [0.15, 0.2) is 0 Å². The third-order valence-corrected chi connectivity index (χ3v) is 4.20. The smallest absolute Gasteiger partial charge is 0.137 e. The average Bonchev–Trinajstić information content (AvgIpc) is 2.79. The molecule has 2 aromatic rings. The fraction of sp³-hybridized carbons (Fsp3) is 0.231. The van der Waals surface area contributed by atoms with E-state index >= 15 is 0 Å². The molecule has 5 heteroatoms. The maximum absolute atomic E-state index is 9.39. The van der Waals surface area contributed by atoms with Gasteiger partial charge < -0.3 is 9.84 Å². The van der Waals surface area contributed by atoms with E-state index in [1.165, 1.54) is 11.3 Å². The Labute approximate surface area is 120 Å². The molecule has 1 atom stereocenters. The van der Waals surface area contributed by atoms with E-state index in [4.69, 9.17) is 27.9 Å². The molecule has 0 aliphatic rings. The Morgan fingerprint density at radius 3 is 2.56 bits per heavy atom. The van der Waals surface area contributed by atoms with Crippen LogP contribution in [-0.4, -0.2) is 18.3 Å². The van der Waals surface area contributed by atoms with Gasteiger partial charge in [0.1, 0.15) is 5.75 Å². The predicted octanol–water partition coefficient (Wildman–Crippen LogP) is 4.21. The van der Waals surface area contributed by atoms with Gasteiger partial charge >= 0.3 is 0 Å². The summed E-state index contributed by atoms with van der Waals surface area (Å²) in [6.45, 7) is 0.387. The minimum absolute atomic E-state index is 0.0152. The van der Waals surface area contributed by atoms with Crippen molar-refractivity contribution < 1.29 is 9.84 Å². The second kappa shape index (κ2) is 6.43. The van der Waals surface area contributed by atoms with E-state index < -0.39 is 0 Å². The molecule has 0 spiro atoms. The average molecular weight is 303 g/mol. The lowest BCUT2D eigenvalue weighted by atomic mass is 10.1. The molecule has 1 N–H and O–H groups in total. The van der Waals surface area contributed by atoms with Crippen LogP contribution in [0.1, 0.15) is 10.8 Å². The number of aliphatic hydroxyl groups excluding tert-OH is 1. The van der Waals surface area contributed by atoms with Crippen LogP contribution >= 0.6 is 34.5 Å². The summed E-state index contributed by atoms with van der Waals surface area (Å²) in [5.74, 6) is 0.541. The largest absolute Gasteiger partial charge is 0.491 e. The number of hydrogen-bond donors (Lipinski definition) is 1. The number of benzene rings is 1. The minimum Gasteiger partial charge on any atom is -0.491 e. The maximum atomic E-state index is 9.39. The lowest BCUT2D eigenvalue weighted by Gasteiger charge is -2.14. The molecule has 0 saturated carbocycles. The normalized spacial score (nSPS) is 12.4. The molecular weight excluding hydrogens is 291 g/mol. The van der Waals surface area contributed by atoms with E-state index in [-0.39, 0.29) is 12.5 Å². The van der Waals surface area contributed by atoms with Gasteiger partial charge in [0.25, 0.3) is 0 Å². The van der Waals surface area contributed by atoms with E-state index in [2.05, 4.69) is 0 Å². The summed E-state index contributed by atoms with van der Waals surface area (Å²) in [5, 5.41) is 9.95. The van der Waals surface area contributed by atoms with Crippen molar-refractivity contribution >= 4 is 34.5 Å². The first-order valence-electron chi connectivity index (χ1n) is 5.44. The third-order valence-electron chi connectivity index (χ3n) is 2.49. The van der Waals surface area contributed by atoms with Crippen molar-refractivity contribution in [2.75, 3.05) is 13.2 Å². The van der Waals surface area contributed by atoms with Crippen molar-refractivity contribution in [3.05, 3.63) is 50.6 Å². The number of thiophene rings is 1. The summed E-state index contributed by atoms with van der Waals surface area (Å²) in [7, 11) is 0. The van der Waals surface area contributed by atoms with Gasteiger partial charge in [0.2, 0.25) is 0 Å². The highest BCUT2D eigenvalue weighted by molar-refractivity contribution is 7.16. The van der Waals surface area contributed by atoms with Gasteiger partial charge in [-0.3, -0.25) is 0 Å². The standard InChI is InChI=1S/C13H12Cl2O2S/c14-10-3-1-2-4-11(10)17-8-9(7-16)12-5-6-13(15)18-12/h1-6,9,16H,7-8H2. The van der Waals surface area contributed by atoms with Crippen molar-refractivity contribution in [1.29, 1.82) is 0 Å². The second-order valence-electron chi connectivity index (χ2n) is 3.76. The zero-order chi connectivity index (χ0) is 13.0. The van der Waals surface area contributed by atoms with Crippen LogP contribution in [0.3, 0.4) is 0 Å². The molecule has 1 aromatic carbocycles. The van der Waals surface area contributed by atoms with Gasteiger partial charge in [0.05, 0.1) is 28.5 Å². The molecule has 96 valence electrons. The lowest BCUT2D eigenvalue weighted by Crippen LogP contribution is -2.13. The number of halogens is 2. The van der Waals surface area contributed by atoms with E-state index in [1.807, 2.05) is 24.3 Å². The topological polar surface area (TPSA) is 29.5 Å². The summed E-state index contributed by atoms with van der Waals surface area (Å²) in [4.78, 5) is 1.01. The first-order chi connectivity index (χ1) is 8.70. The molecule has 0 aliphatic carbocycles. The number of hydrogen-bond acceptors (Lipinski definition) is 3. The van der Waals surface area contributed by atoms with Crippen LogP contribution in [0.2, 0.25) is 9.36 Å². The number of para-hydroxylation sites is 1. The van der Waals surface area contributed by atoms with Crippen molar-refractivity contribution in [1.82, 2.24) is 0 Å². The minimum atomic E-state index is -0.0845. The van der Waals surface area contributed by atoms with Gasteiger partial charge in [-0.15, -0.1) is 11.3 Å². The van der Waals surface area contributed by atoms with E-state index in [9.17, 15) is 5.11 Å². The Bertz CT molecular complexity index is 513. The maximum Gasteiger partial charge on any atom is 0.137 e. The molecule has 1 heterocycles. The summed E-state index contributed by atoms with van der Waals surface area (Å²) in [6, 6.07) is 11.0. The summed E-state index contributed by atoms with van der Waals surface area (Å²) in [5.41, 5.74) is 0. The fourth-order valence-electron chi connectivity index (χ4n) is 1.52. The molecule has 2 rings (SSSR count).